The van der Waals surface area contributed by atoms with Crippen molar-refractivity contribution in [1.29, 1.82) is 0 Å². The first-order valence-corrected chi connectivity index (χ1v) is 7.12. The third-order valence-electron chi connectivity index (χ3n) is 3.33. The number of aromatic nitrogens is 3. The highest BCUT2D eigenvalue weighted by molar-refractivity contribution is 5.86. The van der Waals surface area contributed by atoms with Crippen molar-refractivity contribution >= 4 is 28.8 Å². The van der Waals surface area contributed by atoms with E-state index in [0.29, 0.717) is 11.0 Å². The Bertz CT molecular complexity index is 981. The van der Waals surface area contributed by atoms with Gasteiger partial charge < -0.3 is 5.11 Å². The van der Waals surface area contributed by atoms with Crippen LogP contribution in [0.1, 0.15) is 5.56 Å². The van der Waals surface area contributed by atoms with E-state index >= 15 is 0 Å². The summed E-state index contributed by atoms with van der Waals surface area (Å²) in [6.07, 6.45) is 1.12. The molecule has 126 valence electrons. The predicted octanol–water partition coefficient (Wildman–Crippen LogP) is 1.20. The molecule has 25 heavy (non-hydrogen) atoms. The summed E-state index contributed by atoms with van der Waals surface area (Å²) < 4.78 is 1.42. The molecule has 1 aromatic heterocycles. The summed E-state index contributed by atoms with van der Waals surface area (Å²) in [4.78, 5) is 22.1. The molecule has 0 atom stereocenters. The molecule has 0 spiro atoms. The first-order valence-electron chi connectivity index (χ1n) is 7.12. The van der Waals surface area contributed by atoms with Gasteiger partial charge in [-0.2, -0.15) is 5.10 Å². The number of benzene rings is 2. The van der Waals surface area contributed by atoms with Gasteiger partial charge in [0.2, 0.25) is 0 Å². The number of hydrazone groups is 1. The first kappa shape index (κ1) is 16.1. The molecular formula is C15H12N6O4. The van der Waals surface area contributed by atoms with Crippen LogP contribution < -0.4 is 5.43 Å². The highest BCUT2D eigenvalue weighted by Crippen LogP contribution is 2.21. The lowest BCUT2D eigenvalue weighted by Crippen LogP contribution is -2.23. The standard InChI is InChI=1S/C15H12N6O4/c22-14-6-5-11(21(24)25)7-10(14)8-16-18-15(23)9-20-13-4-2-1-3-12(13)17-19-20/h1-8,22H,9H2,(H,18,23)/b16-8-. The molecule has 1 amide bonds. The van der Waals surface area contributed by atoms with E-state index in [9.17, 15) is 20.0 Å². The molecule has 0 aliphatic rings. The number of rotatable bonds is 5. The lowest BCUT2D eigenvalue weighted by atomic mass is 10.2. The number of carbonyl (C=O) groups is 1. The number of nitro benzene ring substituents is 1. The Kier molecular flexibility index (Phi) is 4.33. The largest absolute Gasteiger partial charge is 0.507 e. The summed E-state index contributed by atoms with van der Waals surface area (Å²) in [5.41, 5.74) is 3.56. The number of nitrogens with one attached hydrogen (secondary N) is 1. The van der Waals surface area contributed by atoms with E-state index in [1.807, 2.05) is 12.1 Å². The van der Waals surface area contributed by atoms with E-state index in [-0.39, 0.29) is 23.5 Å². The van der Waals surface area contributed by atoms with Gasteiger partial charge in [0, 0.05) is 17.7 Å². The van der Waals surface area contributed by atoms with Gasteiger partial charge in [0.15, 0.2) is 0 Å². The predicted molar refractivity (Wildman–Crippen MR) is 88.0 cm³/mol. The van der Waals surface area contributed by atoms with E-state index < -0.39 is 10.8 Å². The van der Waals surface area contributed by atoms with Crippen LogP contribution >= 0.6 is 0 Å². The lowest BCUT2D eigenvalue weighted by Gasteiger charge is -2.02. The smallest absolute Gasteiger partial charge is 0.270 e. The number of fused-ring (bicyclic) bond motifs is 1. The van der Waals surface area contributed by atoms with Crippen LogP contribution in [0.2, 0.25) is 0 Å². The number of phenols is 1. The van der Waals surface area contributed by atoms with Crippen molar-refractivity contribution in [2.24, 2.45) is 5.10 Å². The maximum absolute atomic E-state index is 11.9. The molecule has 3 rings (SSSR count). The van der Waals surface area contributed by atoms with Gasteiger partial charge in [-0.1, -0.05) is 17.3 Å². The number of nitro groups is 1. The Balaban J connectivity index is 1.67. The quantitative estimate of drug-likeness (QED) is 0.407. The SMILES string of the molecule is O=C(Cn1nnc2ccccc21)N/N=C\c1cc([N+](=O)[O-])ccc1O. The zero-order valence-corrected chi connectivity index (χ0v) is 12.7. The van der Waals surface area contributed by atoms with Crippen LogP contribution in [0, 0.1) is 10.1 Å². The summed E-state index contributed by atoms with van der Waals surface area (Å²) in [7, 11) is 0. The van der Waals surface area contributed by atoms with E-state index in [0.717, 1.165) is 12.3 Å². The number of para-hydroxylation sites is 1. The number of amides is 1. The van der Waals surface area contributed by atoms with Gasteiger partial charge >= 0.3 is 0 Å². The molecule has 2 aromatic carbocycles. The Hall–Kier alpha value is -3.82. The fraction of sp³-hybridized carbons (Fsp3) is 0.0667. The zero-order chi connectivity index (χ0) is 17.8. The highest BCUT2D eigenvalue weighted by atomic mass is 16.6. The monoisotopic (exact) mass is 340 g/mol. The van der Waals surface area contributed by atoms with Gasteiger partial charge in [-0.3, -0.25) is 14.9 Å². The maximum Gasteiger partial charge on any atom is 0.270 e. The van der Waals surface area contributed by atoms with Gasteiger partial charge in [0.05, 0.1) is 16.7 Å². The van der Waals surface area contributed by atoms with Crippen LogP contribution in [-0.4, -0.2) is 37.1 Å². The maximum atomic E-state index is 11.9. The second-order valence-corrected chi connectivity index (χ2v) is 5.03. The summed E-state index contributed by atoms with van der Waals surface area (Å²) in [6, 6.07) is 10.7. The number of phenolic OH excluding ortho intramolecular Hbond substituents is 1. The van der Waals surface area contributed by atoms with Crippen LogP contribution in [0.15, 0.2) is 47.6 Å². The molecule has 0 unspecified atom stereocenters. The first-order chi connectivity index (χ1) is 12.0. The number of hydrogen-bond donors (Lipinski definition) is 2. The van der Waals surface area contributed by atoms with Crippen molar-refractivity contribution in [3.8, 4) is 5.75 Å². The Morgan fingerprint density at radius 2 is 2.16 bits per heavy atom. The molecule has 3 aromatic rings. The summed E-state index contributed by atoms with van der Waals surface area (Å²) in [6.45, 7) is -0.0984. The van der Waals surface area contributed by atoms with Crippen molar-refractivity contribution < 1.29 is 14.8 Å². The van der Waals surface area contributed by atoms with Gasteiger partial charge in [-0.05, 0) is 18.2 Å². The van der Waals surface area contributed by atoms with Gasteiger partial charge in [0.1, 0.15) is 17.8 Å². The molecule has 10 heteroatoms. The molecule has 10 nitrogen and oxygen atoms in total. The second-order valence-electron chi connectivity index (χ2n) is 5.03. The van der Waals surface area contributed by atoms with Crippen LogP contribution in [0.3, 0.4) is 0 Å². The zero-order valence-electron chi connectivity index (χ0n) is 12.7. The van der Waals surface area contributed by atoms with Gasteiger partial charge in [0.25, 0.3) is 11.6 Å². The van der Waals surface area contributed by atoms with Crippen LogP contribution in [-0.2, 0) is 11.3 Å². The van der Waals surface area contributed by atoms with Gasteiger partial charge in [-0.25, -0.2) is 10.1 Å². The van der Waals surface area contributed by atoms with Crippen molar-refractivity contribution in [2.45, 2.75) is 6.54 Å². The molecule has 0 saturated heterocycles. The minimum Gasteiger partial charge on any atom is -0.507 e. The molecule has 0 aliphatic heterocycles. The molecule has 0 aliphatic carbocycles. The van der Waals surface area contributed by atoms with E-state index in [1.165, 1.54) is 16.8 Å². The summed E-state index contributed by atoms with van der Waals surface area (Å²) in [5, 5.41) is 31.9. The molecule has 0 fully saturated rings. The summed E-state index contributed by atoms with van der Waals surface area (Å²) >= 11 is 0. The number of aromatic hydroxyl groups is 1. The van der Waals surface area contributed by atoms with Crippen molar-refractivity contribution in [2.75, 3.05) is 0 Å². The Morgan fingerprint density at radius 1 is 1.36 bits per heavy atom. The van der Waals surface area contributed by atoms with E-state index in [4.69, 9.17) is 0 Å². The van der Waals surface area contributed by atoms with E-state index in [1.54, 1.807) is 12.1 Å². The topological polar surface area (TPSA) is 136 Å². The number of hydrogen-bond acceptors (Lipinski definition) is 7. The molecular weight excluding hydrogens is 328 g/mol. The number of non-ortho nitro benzene ring substituents is 1. The third kappa shape index (κ3) is 3.58. The minimum atomic E-state index is -0.592. The van der Waals surface area contributed by atoms with Gasteiger partial charge in [-0.15, -0.1) is 5.10 Å². The normalized spacial score (nSPS) is 11.0. The third-order valence-corrected chi connectivity index (χ3v) is 3.33. The average molecular weight is 340 g/mol. The summed E-state index contributed by atoms with van der Waals surface area (Å²) in [5.74, 6) is -0.650. The molecule has 0 radical (unpaired) electrons. The fourth-order valence-electron chi connectivity index (χ4n) is 2.14. The lowest BCUT2D eigenvalue weighted by molar-refractivity contribution is -0.384. The highest BCUT2D eigenvalue weighted by Gasteiger charge is 2.10. The van der Waals surface area contributed by atoms with Crippen LogP contribution in [0.4, 0.5) is 5.69 Å². The van der Waals surface area contributed by atoms with Crippen molar-refractivity contribution in [1.82, 2.24) is 20.4 Å². The molecule has 0 saturated carbocycles. The van der Waals surface area contributed by atoms with E-state index in [2.05, 4.69) is 20.8 Å². The molecule has 2 N–H and O–H groups in total. The number of nitrogens with zero attached hydrogens (tertiary/aromatic N) is 5. The Labute approximate surface area is 140 Å². The molecule has 1 heterocycles. The van der Waals surface area contributed by atoms with Crippen LogP contribution in [0.25, 0.3) is 11.0 Å². The molecule has 0 bridgehead atoms. The second kappa shape index (κ2) is 6.74. The number of carbonyl (C=O) groups excluding carboxylic acids is 1. The van der Waals surface area contributed by atoms with Crippen molar-refractivity contribution in [3.05, 3.63) is 58.1 Å². The average Bonchev–Trinajstić information content (AvgIpc) is 2.99. The van der Waals surface area contributed by atoms with Crippen LogP contribution in [0.5, 0.6) is 5.75 Å². The van der Waals surface area contributed by atoms with Crippen molar-refractivity contribution in [3.63, 3.8) is 0 Å². The fourth-order valence-corrected chi connectivity index (χ4v) is 2.14. The Morgan fingerprint density at radius 3 is 2.96 bits per heavy atom. The minimum absolute atomic E-state index is 0.0984.